The zero-order valence-corrected chi connectivity index (χ0v) is 20.9. The van der Waals surface area contributed by atoms with Gasteiger partial charge < -0.3 is 14.4 Å². The average molecular weight is 504 g/mol. The molecule has 0 unspecified atom stereocenters. The number of aryl methyl sites for hydroxylation is 1. The van der Waals surface area contributed by atoms with Gasteiger partial charge in [0, 0.05) is 18.7 Å². The van der Waals surface area contributed by atoms with Gasteiger partial charge in [0.25, 0.3) is 0 Å². The van der Waals surface area contributed by atoms with Crippen molar-refractivity contribution in [2.24, 2.45) is 11.0 Å². The van der Waals surface area contributed by atoms with Crippen molar-refractivity contribution in [2.75, 3.05) is 18.1 Å². The first-order valence-electron chi connectivity index (χ1n) is 12.3. The molecule has 1 atom stereocenters. The highest BCUT2D eigenvalue weighted by Crippen LogP contribution is 2.29. The summed E-state index contributed by atoms with van der Waals surface area (Å²) in [5, 5.41) is 4.08. The molecule has 1 heterocycles. The molecule has 3 aromatic carbocycles. The summed E-state index contributed by atoms with van der Waals surface area (Å²) in [6.45, 7) is 4.98. The molecule has 1 saturated heterocycles. The van der Waals surface area contributed by atoms with Gasteiger partial charge in [0.05, 0.1) is 18.7 Å². The lowest BCUT2D eigenvalue weighted by molar-refractivity contribution is -0.126. The maximum absolute atomic E-state index is 13.1. The van der Waals surface area contributed by atoms with Gasteiger partial charge in [0.2, 0.25) is 11.8 Å². The number of carbonyl (C=O) groups is 2. The van der Waals surface area contributed by atoms with Crippen molar-refractivity contribution < 1.29 is 23.5 Å². The van der Waals surface area contributed by atoms with Crippen molar-refractivity contribution in [3.05, 3.63) is 89.2 Å². The monoisotopic (exact) mass is 503 g/mol. The van der Waals surface area contributed by atoms with E-state index in [4.69, 9.17) is 9.47 Å². The lowest BCUT2D eigenvalue weighted by Crippen LogP contribution is -2.30. The van der Waals surface area contributed by atoms with E-state index in [0.29, 0.717) is 30.2 Å². The third-order valence-corrected chi connectivity index (χ3v) is 6.12. The van der Waals surface area contributed by atoms with Crippen LogP contribution in [-0.2, 0) is 22.6 Å². The summed E-state index contributed by atoms with van der Waals surface area (Å²) >= 11 is 0. The lowest BCUT2D eigenvalue weighted by atomic mass is 10.1. The van der Waals surface area contributed by atoms with Crippen LogP contribution >= 0.6 is 0 Å². The molecule has 1 aliphatic heterocycles. The second-order valence-electron chi connectivity index (χ2n) is 8.71. The van der Waals surface area contributed by atoms with E-state index in [1.807, 2.05) is 31.2 Å². The van der Waals surface area contributed by atoms with E-state index in [2.05, 4.69) is 17.5 Å². The molecule has 8 heteroatoms. The Hall–Kier alpha value is -4.20. The number of nitrogens with one attached hydrogen (secondary N) is 1. The second kappa shape index (κ2) is 12.2. The highest BCUT2D eigenvalue weighted by atomic mass is 19.1. The van der Waals surface area contributed by atoms with Gasteiger partial charge in [0.15, 0.2) is 11.5 Å². The average Bonchev–Trinajstić information content (AvgIpc) is 3.31. The van der Waals surface area contributed by atoms with Crippen LogP contribution in [-0.4, -0.2) is 31.2 Å². The first-order chi connectivity index (χ1) is 18.0. The van der Waals surface area contributed by atoms with Crippen LogP contribution in [0.25, 0.3) is 0 Å². The van der Waals surface area contributed by atoms with Crippen LogP contribution in [0.1, 0.15) is 37.0 Å². The third-order valence-electron chi connectivity index (χ3n) is 6.12. The second-order valence-corrected chi connectivity index (χ2v) is 8.71. The molecule has 0 bridgehead atoms. The summed E-state index contributed by atoms with van der Waals surface area (Å²) in [5.74, 6) is -0.0767. The van der Waals surface area contributed by atoms with Crippen LogP contribution in [0, 0.1) is 11.7 Å². The Morgan fingerprint density at radius 2 is 1.76 bits per heavy atom. The topological polar surface area (TPSA) is 80.2 Å². The van der Waals surface area contributed by atoms with E-state index in [1.54, 1.807) is 35.2 Å². The molecule has 192 valence electrons. The molecule has 0 radical (unpaired) electrons. The van der Waals surface area contributed by atoms with E-state index >= 15 is 0 Å². The third kappa shape index (κ3) is 6.73. The predicted molar refractivity (Wildman–Crippen MR) is 140 cm³/mol. The Morgan fingerprint density at radius 3 is 2.46 bits per heavy atom. The fourth-order valence-corrected chi connectivity index (χ4v) is 4.04. The molecule has 0 aromatic heterocycles. The van der Waals surface area contributed by atoms with Crippen LogP contribution in [0.4, 0.5) is 10.1 Å². The van der Waals surface area contributed by atoms with Gasteiger partial charge in [-0.15, -0.1) is 0 Å². The predicted octanol–water partition coefficient (Wildman–Crippen LogP) is 4.87. The van der Waals surface area contributed by atoms with Crippen molar-refractivity contribution in [3.63, 3.8) is 0 Å². The van der Waals surface area contributed by atoms with Gasteiger partial charge in [-0.3, -0.25) is 9.59 Å². The molecule has 4 rings (SSSR count). The van der Waals surface area contributed by atoms with Gasteiger partial charge in [-0.2, -0.15) is 5.10 Å². The molecular weight excluding hydrogens is 473 g/mol. The molecule has 7 nitrogen and oxygen atoms in total. The number of rotatable bonds is 10. The summed E-state index contributed by atoms with van der Waals surface area (Å²) in [4.78, 5) is 26.8. The molecule has 3 aromatic rings. The van der Waals surface area contributed by atoms with Crippen LogP contribution < -0.4 is 19.8 Å². The van der Waals surface area contributed by atoms with Crippen LogP contribution in [0.5, 0.6) is 11.5 Å². The Morgan fingerprint density at radius 1 is 1.03 bits per heavy atom. The minimum absolute atomic E-state index is 0.0778. The number of benzene rings is 3. The Bertz CT molecular complexity index is 1260. The normalized spacial score (nSPS) is 15.3. The summed E-state index contributed by atoms with van der Waals surface area (Å²) in [7, 11) is 0. The maximum Gasteiger partial charge on any atom is 0.245 e. The van der Waals surface area contributed by atoms with E-state index in [0.717, 1.165) is 17.7 Å². The van der Waals surface area contributed by atoms with E-state index < -0.39 is 5.92 Å². The first kappa shape index (κ1) is 25.9. The van der Waals surface area contributed by atoms with Gasteiger partial charge in [-0.25, -0.2) is 9.82 Å². The summed E-state index contributed by atoms with van der Waals surface area (Å²) < 4.78 is 24.7. The van der Waals surface area contributed by atoms with E-state index in [-0.39, 0.29) is 30.7 Å². The molecule has 1 N–H and O–H groups in total. The molecule has 0 saturated carbocycles. The Labute approximate surface area is 215 Å². The molecule has 37 heavy (non-hydrogen) atoms. The van der Waals surface area contributed by atoms with Crippen molar-refractivity contribution in [1.82, 2.24) is 5.43 Å². The van der Waals surface area contributed by atoms with Crippen LogP contribution in [0.3, 0.4) is 0 Å². The minimum Gasteiger partial charge on any atom is -0.490 e. The number of nitrogens with zero attached hydrogens (tertiary/aromatic N) is 2. The lowest BCUT2D eigenvalue weighted by Gasteiger charge is -2.16. The van der Waals surface area contributed by atoms with Crippen molar-refractivity contribution in [1.29, 1.82) is 0 Å². The standard InChI is InChI=1S/C29H30FN3O4/c1-3-20-7-12-25(13-8-20)33-18-23(16-28(33)34)29(35)32-31-17-22-9-14-26(27(15-22)36-4-2)37-19-21-5-10-24(30)11-6-21/h5-15,17,23H,3-4,16,18-19H2,1-2H3,(H,32,35)/b31-17+/t23-/m1/s1. The highest BCUT2D eigenvalue weighted by molar-refractivity contribution is 6.00. The number of anilines is 1. The van der Waals surface area contributed by atoms with Gasteiger partial charge >= 0.3 is 0 Å². The van der Waals surface area contributed by atoms with Gasteiger partial charge in [0.1, 0.15) is 12.4 Å². The largest absolute Gasteiger partial charge is 0.490 e. The molecule has 0 spiro atoms. The van der Waals surface area contributed by atoms with Crippen LogP contribution in [0.2, 0.25) is 0 Å². The highest BCUT2D eigenvalue weighted by Gasteiger charge is 2.35. The zero-order valence-electron chi connectivity index (χ0n) is 20.9. The molecule has 1 aliphatic rings. The SMILES string of the molecule is CCOc1cc(/C=N/NC(=O)[C@@H]2CC(=O)N(c3ccc(CC)cc3)C2)ccc1OCc1ccc(F)cc1. The van der Waals surface area contributed by atoms with Crippen molar-refractivity contribution in [2.45, 2.75) is 33.3 Å². The summed E-state index contributed by atoms with van der Waals surface area (Å²) in [6, 6.07) is 19.2. The Balaban J connectivity index is 1.34. The minimum atomic E-state index is -0.475. The number of carbonyl (C=O) groups excluding carboxylic acids is 2. The Kier molecular flexibility index (Phi) is 8.51. The fraction of sp³-hybridized carbons (Fsp3) is 0.276. The fourth-order valence-electron chi connectivity index (χ4n) is 4.04. The van der Waals surface area contributed by atoms with E-state index in [1.165, 1.54) is 23.9 Å². The van der Waals surface area contributed by atoms with Crippen LogP contribution in [0.15, 0.2) is 71.8 Å². The summed E-state index contributed by atoms with van der Waals surface area (Å²) in [5.41, 5.74) is 6.08. The summed E-state index contributed by atoms with van der Waals surface area (Å²) in [6.07, 6.45) is 2.59. The molecule has 0 aliphatic carbocycles. The molecule has 1 fully saturated rings. The van der Waals surface area contributed by atoms with Gasteiger partial charge in [-0.05, 0) is 72.5 Å². The molecule has 2 amide bonds. The number of hydrogen-bond acceptors (Lipinski definition) is 5. The number of halogens is 1. The number of hydrazone groups is 1. The molecular formula is C29H30FN3O4. The number of amides is 2. The van der Waals surface area contributed by atoms with Gasteiger partial charge in [-0.1, -0.05) is 31.2 Å². The number of hydrogen-bond donors (Lipinski definition) is 1. The van der Waals surface area contributed by atoms with Crippen molar-refractivity contribution in [3.8, 4) is 11.5 Å². The maximum atomic E-state index is 13.1. The smallest absolute Gasteiger partial charge is 0.245 e. The quantitative estimate of drug-likeness (QED) is 0.316. The zero-order chi connectivity index (χ0) is 26.2. The number of ether oxygens (including phenoxy) is 2. The van der Waals surface area contributed by atoms with E-state index in [9.17, 15) is 14.0 Å². The first-order valence-corrected chi connectivity index (χ1v) is 12.3. The van der Waals surface area contributed by atoms with Crippen molar-refractivity contribution >= 4 is 23.7 Å².